The fourth-order valence-corrected chi connectivity index (χ4v) is 3.93. The van der Waals surface area contributed by atoms with Gasteiger partial charge >= 0.3 is 0 Å². The van der Waals surface area contributed by atoms with Crippen molar-refractivity contribution in [3.8, 4) is 0 Å². The van der Waals surface area contributed by atoms with E-state index in [9.17, 15) is 4.79 Å². The number of amides is 1. The number of hydrogen-bond donors (Lipinski definition) is 1. The summed E-state index contributed by atoms with van der Waals surface area (Å²) in [7, 11) is 0. The molecule has 0 spiro atoms. The summed E-state index contributed by atoms with van der Waals surface area (Å²) in [6.07, 6.45) is 3.84. The highest BCUT2D eigenvalue weighted by Crippen LogP contribution is 2.18. The molecule has 1 fully saturated rings. The maximum Gasteiger partial charge on any atom is 0.255 e. The van der Waals surface area contributed by atoms with Crippen LogP contribution >= 0.6 is 0 Å². The van der Waals surface area contributed by atoms with Crippen LogP contribution in [0.4, 0.5) is 5.69 Å². The molecule has 4 rings (SSSR count). The molecule has 1 saturated heterocycles. The third-order valence-corrected chi connectivity index (χ3v) is 5.50. The molecule has 0 unspecified atom stereocenters. The van der Waals surface area contributed by atoms with E-state index in [1.807, 2.05) is 48.8 Å². The predicted molar refractivity (Wildman–Crippen MR) is 122 cm³/mol. The Balaban J connectivity index is 1.42. The summed E-state index contributed by atoms with van der Waals surface area (Å²) in [6.45, 7) is 9.25. The summed E-state index contributed by atoms with van der Waals surface area (Å²) in [5.41, 5.74) is 3.74. The van der Waals surface area contributed by atoms with E-state index >= 15 is 0 Å². The highest BCUT2D eigenvalue weighted by Gasteiger charge is 2.13. The maximum atomic E-state index is 12.9. The Morgan fingerprint density at radius 2 is 1.81 bits per heavy atom. The first-order valence-electron chi connectivity index (χ1n) is 10.9. The fraction of sp³-hybridized carbons (Fsp3) is 0.360. The molecule has 0 radical (unpaired) electrons. The molecule has 2 aromatic carbocycles. The summed E-state index contributed by atoms with van der Waals surface area (Å²) < 4.78 is 7.57. The summed E-state index contributed by atoms with van der Waals surface area (Å²) in [4.78, 5) is 19.7. The molecule has 6 nitrogen and oxygen atoms in total. The van der Waals surface area contributed by atoms with Crippen molar-refractivity contribution in [2.24, 2.45) is 0 Å². The SMILES string of the molecule is CC(C)c1nccn1Cc1cccc(NC(=O)c2cccc(CN3CCOCC3)c2)c1. The first kappa shape index (κ1) is 21.3. The molecular formula is C25H30N4O2. The van der Waals surface area contributed by atoms with Crippen molar-refractivity contribution < 1.29 is 9.53 Å². The van der Waals surface area contributed by atoms with Crippen molar-refractivity contribution >= 4 is 11.6 Å². The molecule has 0 atom stereocenters. The minimum absolute atomic E-state index is 0.0912. The molecular weight excluding hydrogens is 388 g/mol. The number of nitrogens with zero attached hydrogens (tertiary/aromatic N) is 3. The Morgan fingerprint density at radius 1 is 1.06 bits per heavy atom. The number of anilines is 1. The number of aromatic nitrogens is 2. The Bertz CT molecular complexity index is 1020. The molecule has 31 heavy (non-hydrogen) atoms. The zero-order valence-corrected chi connectivity index (χ0v) is 18.3. The second-order valence-electron chi connectivity index (χ2n) is 8.31. The van der Waals surface area contributed by atoms with Gasteiger partial charge in [0.15, 0.2) is 0 Å². The molecule has 0 bridgehead atoms. The first-order chi connectivity index (χ1) is 15.1. The molecule has 1 N–H and O–H groups in total. The Morgan fingerprint density at radius 3 is 2.58 bits per heavy atom. The van der Waals surface area contributed by atoms with Crippen LogP contribution in [0.1, 0.15) is 47.1 Å². The van der Waals surface area contributed by atoms with Crippen LogP contribution in [0.2, 0.25) is 0 Å². The van der Waals surface area contributed by atoms with Crippen molar-refractivity contribution in [3.05, 3.63) is 83.4 Å². The minimum Gasteiger partial charge on any atom is -0.379 e. The smallest absolute Gasteiger partial charge is 0.255 e. The van der Waals surface area contributed by atoms with Crippen LogP contribution < -0.4 is 5.32 Å². The van der Waals surface area contributed by atoms with Gasteiger partial charge in [-0.15, -0.1) is 0 Å². The van der Waals surface area contributed by atoms with E-state index in [2.05, 4.69) is 45.7 Å². The molecule has 1 aromatic heterocycles. The van der Waals surface area contributed by atoms with Gasteiger partial charge < -0.3 is 14.6 Å². The van der Waals surface area contributed by atoms with Crippen LogP contribution in [-0.4, -0.2) is 46.7 Å². The molecule has 2 heterocycles. The summed E-state index contributed by atoms with van der Waals surface area (Å²) >= 11 is 0. The average molecular weight is 419 g/mol. The highest BCUT2D eigenvalue weighted by atomic mass is 16.5. The van der Waals surface area contributed by atoms with Crippen molar-refractivity contribution in [2.75, 3.05) is 31.6 Å². The van der Waals surface area contributed by atoms with Gasteiger partial charge in [0.05, 0.1) is 13.2 Å². The largest absolute Gasteiger partial charge is 0.379 e. The van der Waals surface area contributed by atoms with Gasteiger partial charge in [-0.05, 0) is 35.4 Å². The van der Waals surface area contributed by atoms with Crippen LogP contribution in [0.25, 0.3) is 0 Å². The lowest BCUT2D eigenvalue weighted by Gasteiger charge is -2.26. The van der Waals surface area contributed by atoms with Crippen LogP contribution in [0, 0.1) is 0 Å². The minimum atomic E-state index is -0.0912. The number of ether oxygens (including phenoxy) is 1. The molecule has 1 amide bonds. The lowest BCUT2D eigenvalue weighted by atomic mass is 10.1. The van der Waals surface area contributed by atoms with Crippen LogP contribution in [-0.2, 0) is 17.8 Å². The fourth-order valence-electron chi connectivity index (χ4n) is 3.93. The number of imidazole rings is 1. The molecule has 6 heteroatoms. The molecule has 3 aromatic rings. The van der Waals surface area contributed by atoms with E-state index in [0.29, 0.717) is 11.5 Å². The molecule has 1 aliphatic heterocycles. The van der Waals surface area contributed by atoms with Crippen molar-refractivity contribution in [3.63, 3.8) is 0 Å². The topological polar surface area (TPSA) is 59.4 Å². The molecule has 1 aliphatic rings. The van der Waals surface area contributed by atoms with Gasteiger partial charge in [-0.2, -0.15) is 0 Å². The predicted octanol–water partition coefficient (Wildman–Crippen LogP) is 4.14. The molecule has 162 valence electrons. The number of nitrogens with one attached hydrogen (secondary N) is 1. The van der Waals surface area contributed by atoms with Gasteiger partial charge in [0, 0.05) is 55.7 Å². The van der Waals surface area contributed by atoms with Crippen molar-refractivity contribution in [1.29, 1.82) is 0 Å². The van der Waals surface area contributed by atoms with E-state index < -0.39 is 0 Å². The zero-order valence-electron chi connectivity index (χ0n) is 18.3. The van der Waals surface area contributed by atoms with Crippen LogP contribution in [0.3, 0.4) is 0 Å². The maximum absolute atomic E-state index is 12.9. The third-order valence-electron chi connectivity index (χ3n) is 5.50. The summed E-state index contributed by atoms with van der Waals surface area (Å²) in [5, 5.41) is 3.05. The Kier molecular flexibility index (Phi) is 6.79. The monoisotopic (exact) mass is 418 g/mol. The van der Waals surface area contributed by atoms with Crippen LogP contribution in [0.15, 0.2) is 60.9 Å². The van der Waals surface area contributed by atoms with E-state index in [1.54, 1.807) is 0 Å². The summed E-state index contributed by atoms with van der Waals surface area (Å²) in [5.74, 6) is 1.33. The molecule has 0 aliphatic carbocycles. The Labute approximate surface area is 183 Å². The lowest BCUT2D eigenvalue weighted by Crippen LogP contribution is -2.35. The molecule has 0 saturated carbocycles. The van der Waals surface area contributed by atoms with E-state index in [0.717, 1.165) is 62.0 Å². The van der Waals surface area contributed by atoms with Gasteiger partial charge in [-0.3, -0.25) is 9.69 Å². The van der Waals surface area contributed by atoms with Gasteiger partial charge in [-0.1, -0.05) is 38.1 Å². The normalized spacial score (nSPS) is 14.7. The lowest BCUT2D eigenvalue weighted by molar-refractivity contribution is 0.0342. The van der Waals surface area contributed by atoms with Crippen molar-refractivity contribution in [2.45, 2.75) is 32.9 Å². The number of benzene rings is 2. The van der Waals surface area contributed by atoms with E-state index in [4.69, 9.17) is 4.74 Å². The second kappa shape index (κ2) is 9.90. The van der Waals surface area contributed by atoms with Gasteiger partial charge in [0.1, 0.15) is 5.82 Å². The van der Waals surface area contributed by atoms with E-state index in [-0.39, 0.29) is 5.91 Å². The van der Waals surface area contributed by atoms with Gasteiger partial charge in [-0.25, -0.2) is 4.98 Å². The quantitative estimate of drug-likeness (QED) is 0.627. The number of carbonyl (C=O) groups is 1. The third kappa shape index (κ3) is 5.60. The van der Waals surface area contributed by atoms with Crippen molar-refractivity contribution in [1.82, 2.24) is 14.5 Å². The number of carbonyl (C=O) groups excluding carboxylic acids is 1. The second-order valence-corrected chi connectivity index (χ2v) is 8.31. The van der Waals surface area contributed by atoms with Gasteiger partial charge in [0.25, 0.3) is 5.91 Å². The Hall–Kier alpha value is -2.96. The average Bonchev–Trinajstić information content (AvgIpc) is 3.23. The van der Waals surface area contributed by atoms with E-state index in [1.165, 1.54) is 0 Å². The summed E-state index contributed by atoms with van der Waals surface area (Å²) in [6, 6.07) is 15.9. The first-order valence-corrected chi connectivity index (χ1v) is 10.9. The van der Waals surface area contributed by atoms with Gasteiger partial charge in [0.2, 0.25) is 0 Å². The number of morpholine rings is 1. The number of hydrogen-bond acceptors (Lipinski definition) is 4. The number of rotatable bonds is 7. The highest BCUT2D eigenvalue weighted by molar-refractivity contribution is 6.04. The zero-order chi connectivity index (χ0) is 21.6. The standard InChI is InChI=1S/C25H30N4O2/c1-19(2)24-26-9-10-29(24)18-21-6-4-8-23(16-21)27-25(30)22-7-3-5-20(15-22)17-28-11-13-31-14-12-28/h3-10,15-16,19H,11-14,17-18H2,1-2H3,(H,27,30). The van der Waals surface area contributed by atoms with Crippen LogP contribution in [0.5, 0.6) is 0 Å².